The third kappa shape index (κ3) is 5.28. The summed E-state index contributed by atoms with van der Waals surface area (Å²) >= 11 is 0. The number of halogens is 2. The third-order valence-corrected chi connectivity index (χ3v) is 5.92. The van der Waals surface area contributed by atoms with Crippen LogP contribution in [0.2, 0.25) is 0 Å². The van der Waals surface area contributed by atoms with Crippen LogP contribution in [0.15, 0.2) is 42.5 Å². The van der Waals surface area contributed by atoms with Gasteiger partial charge in [-0.05, 0) is 75.2 Å². The molecule has 0 radical (unpaired) electrons. The molecule has 3 rings (SSSR count). The molecule has 166 valence electrons. The molecule has 0 unspecified atom stereocenters. The molecule has 1 heterocycles. The maximum absolute atomic E-state index is 14.0. The standard InChI is InChI=1S/C24H28F2N2O3/c1-24(2,28-11-4-5-12-28)22(17-9-10-19(25)20(26)15-17)27-21(29)14-16-7-6-8-18(13-16)23(30)31-3/h6-10,13,15,22H,4-5,11-12,14H2,1-3H3,(H,27,29)/t22-/m1/s1. The minimum absolute atomic E-state index is 0.0427. The largest absolute Gasteiger partial charge is 0.465 e. The SMILES string of the molecule is COC(=O)c1cccc(CC(=O)N[C@H](c2ccc(F)c(F)c2)C(C)(C)N2CCCC2)c1. The molecule has 0 spiro atoms. The summed E-state index contributed by atoms with van der Waals surface area (Å²) in [5.74, 6) is -2.62. The van der Waals surface area contributed by atoms with Gasteiger partial charge in [0.15, 0.2) is 11.6 Å². The topological polar surface area (TPSA) is 58.6 Å². The van der Waals surface area contributed by atoms with Gasteiger partial charge in [0.25, 0.3) is 0 Å². The van der Waals surface area contributed by atoms with Gasteiger partial charge in [0.2, 0.25) is 5.91 Å². The van der Waals surface area contributed by atoms with E-state index < -0.39 is 29.2 Å². The van der Waals surface area contributed by atoms with Crippen LogP contribution in [-0.4, -0.2) is 42.5 Å². The normalized spacial score (nSPS) is 15.5. The van der Waals surface area contributed by atoms with Crippen LogP contribution < -0.4 is 5.32 Å². The number of methoxy groups -OCH3 is 1. The fourth-order valence-electron chi connectivity index (χ4n) is 4.16. The van der Waals surface area contributed by atoms with Crippen LogP contribution in [0, 0.1) is 11.6 Å². The van der Waals surface area contributed by atoms with Crippen LogP contribution in [0.25, 0.3) is 0 Å². The van der Waals surface area contributed by atoms with Crippen LogP contribution in [-0.2, 0) is 16.0 Å². The highest BCUT2D eigenvalue weighted by molar-refractivity contribution is 5.90. The lowest BCUT2D eigenvalue weighted by molar-refractivity contribution is -0.122. The van der Waals surface area contributed by atoms with Crippen LogP contribution in [0.1, 0.15) is 54.2 Å². The number of amides is 1. The molecule has 1 atom stereocenters. The van der Waals surface area contributed by atoms with E-state index in [4.69, 9.17) is 4.74 Å². The molecular formula is C24H28F2N2O3. The van der Waals surface area contributed by atoms with Crippen molar-refractivity contribution in [2.75, 3.05) is 20.2 Å². The molecule has 1 aliphatic heterocycles. The molecule has 0 aliphatic carbocycles. The highest BCUT2D eigenvalue weighted by atomic mass is 19.2. The fraction of sp³-hybridized carbons (Fsp3) is 0.417. The molecule has 1 saturated heterocycles. The van der Waals surface area contributed by atoms with E-state index >= 15 is 0 Å². The molecule has 31 heavy (non-hydrogen) atoms. The van der Waals surface area contributed by atoms with E-state index in [1.807, 2.05) is 13.8 Å². The van der Waals surface area contributed by atoms with Gasteiger partial charge in [0, 0.05) is 5.54 Å². The minimum atomic E-state index is -0.945. The molecule has 5 nitrogen and oxygen atoms in total. The number of esters is 1. The van der Waals surface area contributed by atoms with Crippen LogP contribution in [0.4, 0.5) is 8.78 Å². The maximum atomic E-state index is 14.0. The zero-order valence-electron chi connectivity index (χ0n) is 18.1. The van der Waals surface area contributed by atoms with E-state index in [0.717, 1.165) is 38.1 Å². The summed E-state index contributed by atoms with van der Waals surface area (Å²) in [6.07, 6.45) is 2.16. The number of ether oxygens (including phenoxy) is 1. The van der Waals surface area contributed by atoms with E-state index in [0.29, 0.717) is 16.7 Å². The number of carbonyl (C=O) groups excluding carboxylic acids is 2. The zero-order valence-corrected chi connectivity index (χ0v) is 18.1. The second-order valence-electron chi connectivity index (χ2n) is 8.39. The first kappa shape index (κ1) is 22.9. The quantitative estimate of drug-likeness (QED) is 0.674. The van der Waals surface area contributed by atoms with Crippen molar-refractivity contribution in [2.45, 2.75) is 44.7 Å². The Bertz CT molecular complexity index is 956. The zero-order chi connectivity index (χ0) is 22.6. The monoisotopic (exact) mass is 430 g/mol. The molecule has 2 aromatic carbocycles. The minimum Gasteiger partial charge on any atom is -0.465 e. The first-order valence-electron chi connectivity index (χ1n) is 10.4. The van der Waals surface area contributed by atoms with Crippen LogP contribution in [0.3, 0.4) is 0 Å². The van der Waals surface area contributed by atoms with Gasteiger partial charge in [0.05, 0.1) is 25.1 Å². The molecule has 0 aromatic heterocycles. The Morgan fingerprint density at radius 1 is 1.10 bits per heavy atom. The van der Waals surface area contributed by atoms with Crippen molar-refractivity contribution in [1.82, 2.24) is 10.2 Å². The molecule has 2 aromatic rings. The predicted octanol–water partition coefficient (Wildman–Crippen LogP) is 4.03. The summed E-state index contributed by atoms with van der Waals surface area (Å²) in [5, 5.41) is 3.02. The van der Waals surface area contributed by atoms with E-state index in [-0.39, 0.29) is 12.3 Å². The summed E-state index contributed by atoms with van der Waals surface area (Å²) in [5.41, 5.74) is 1.02. The Hall–Kier alpha value is -2.80. The Labute approximate surface area is 181 Å². The highest BCUT2D eigenvalue weighted by Gasteiger charge is 2.39. The highest BCUT2D eigenvalue weighted by Crippen LogP contribution is 2.34. The van der Waals surface area contributed by atoms with Gasteiger partial charge in [-0.3, -0.25) is 9.69 Å². The number of benzene rings is 2. The first-order valence-corrected chi connectivity index (χ1v) is 10.4. The van der Waals surface area contributed by atoms with Gasteiger partial charge in [-0.15, -0.1) is 0 Å². The summed E-state index contributed by atoms with van der Waals surface area (Å²) in [6, 6.07) is 9.88. The summed E-state index contributed by atoms with van der Waals surface area (Å²) in [7, 11) is 1.30. The third-order valence-electron chi connectivity index (χ3n) is 5.92. The average Bonchev–Trinajstić information content (AvgIpc) is 3.29. The van der Waals surface area contributed by atoms with E-state index in [2.05, 4.69) is 10.2 Å². The smallest absolute Gasteiger partial charge is 0.337 e. The number of nitrogens with zero attached hydrogens (tertiary/aromatic N) is 1. The van der Waals surface area contributed by atoms with Gasteiger partial charge in [-0.1, -0.05) is 18.2 Å². The maximum Gasteiger partial charge on any atom is 0.337 e. The molecule has 7 heteroatoms. The lowest BCUT2D eigenvalue weighted by atomic mass is 9.86. The van der Waals surface area contributed by atoms with Gasteiger partial charge in [-0.2, -0.15) is 0 Å². The van der Waals surface area contributed by atoms with Crippen molar-refractivity contribution < 1.29 is 23.1 Å². The lowest BCUT2D eigenvalue weighted by Gasteiger charge is -2.42. The van der Waals surface area contributed by atoms with Crippen molar-refractivity contribution in [2.24, 2.45) is 0 Å². The second kappa shape index (κ2) is 9.56. The Morgan fingerprint density at radius 2 is 1.81 bits per heavy atom. The molecule has 1 aliphatic rings. The van der Waals surface area contributed by atoms with Crippen molar-refractivity contribution in [3.8, 4) is 0 Å². The van der Waals surface area contributed by atoms with Crippen LogP contribution in [0.5, 0.6) is 0 Å². The predicted molar refractivity (Wildman–Crippen MR) is 114 cm³/mol. The molecule has 1 N–H and O–H groups in total. The van der Waals surface area contributed by atoms with Gasteiger partial charge in [0.1, 0.15) is 0 Å². The Kier molecular flexibility index (Phi) is 7.05. The number of hydrogen-bond acceptors (Lipinski definition) is 4. The summed E-state index contributed by atoms with van der Waals surface area (Å²) < 4.78 is 32.3. The van der Waals surface area contributed by atoms with Crippen molar-refractivity contribution in [3.05, 3.63) is 70.8 Å². The Balaban J connectivity index is 1.85. The lowest BCUT2D eigenvalue weighted by Crippen LogP contribution is -2.53. The van der Waals surface area contributed by atoms with Crippen molar-refractivity contribution in [1.29, 1.82) is 0 Å². The Morgan fingerprint density at radius 3 is 2.45 bits per heavy atom. The first-order chi connectivity index (χ1) is 14.7. The molecule has 1 fully saturated rings. The molecule has 0 saturated carbocycles. The van der Waals surface area contributed by atoms with E-state index in [1.165, 1.54) is 13.2 Å². The number of hydrogen-bond donors (Lipinski definition) is 1. The van der Waals surface area contributed by atoms with Crippen molar-refractivity contribution in [3.63, 3.8) is 0 Å². The number of carbonyl (C=O) groups is 2. The van der Waals surface area contributed by atoms with Gasteiger partial charge in [-0.25, -0.2) is 13.6 Å². The number of likely N-dealkylation sites (tertiary alicyclic amines) is 1. The number of nitrogens with one attached hydrogen (secondary N) is 1. The summed E-state index contributed by atoms with van der Waals surface area (Å²) in [6.45, 7) is 5.76. The van der Waals surface area contributed by atoms with Crippen LogP contribution >= 0.6 is 0 Å². The molecule has 1 amide bonds. The summed E-state index contributed by atoms with van der Waals surface area (Å²) in [4.78, 5) is 27.0. The second-order valence-corrected chi connectivity index (χ2v) is 8.39. The fourth-order valence-corrected chi connectivity index (χ4v) is 4.16. The molecular weight excluding hydrogens is 402 g/mol. The van der Waals surface area contributed by atoms with Gasteiger partial charge < -0.3 is 10.1 Å². The average molecular weight is 430 g/mol. The van der Waals surface area contributed by atoms with Gasteiger partial charge >= 0.3 is 5.97 Å². The van der Waals surface area contributed by atoms with E-state index in [9.17, 15) is 18.4 Å². The molecule has 0 bridgehead atoms. The van der Waals surface area contributed by atoms with Crippen molar-refractivity contribution >= 4 is 11.9 Å². The van der Waals surface area contributed by atoms with E-state index in [1.54, 1.807) is 24.3 Å². The number of rotatable bonds is 7.